The molecule has 0 aliphatic rings. The Labute approximate surface area is 264 Å². The quantitative estimate of drug-likeness (QED) is 0.0504. The molecule has 0 aliphatic carbocycles. The minimum atomic E-state index is -0.774. The van der Waals surface area contributed by atoms with Crippen molar-refractivity contribution < 1.29 is 24.2 Å². The lowest BCUT2D eigenvalue weighted by Crippen LogP contribution is -2.28. The van der Waals surface area contributed by atoms with Gasteiger partial charge in [-0.05, 0) is 57.8 Å². The molecule has 0 aliphatic heterocycles. The standard InChI is InChI=1S/C38H64O5/c1-3-5-7-9-11-12-13-14-15-16-17-18-19-20-21-22-23-24-25-26-27-29-31-33-38(41)43-36(34-39)35-42-37(40)32-30-28-10-8-6-4-2/h5,7,11-12,14-15,17-18,20-21,36,39H,3-4,6,8-10,13,16,19,22-35H2,1-2H3/b7-5-,12-11-,15-14-,18-17-,21-20-. The van der Waals surface area contributed by atoms with Gasteiger partial charge in [-0.25, -0.2) is 0 Å². The monoisotopic (exact) mass is 600 g/mol. The number of esters is 2. The van der Waals surface area contributed by atoms with Crippen LogP contribution in [0.15, 0.2) is 60.8 Å². The molecule has 0 aromatic rings. The highest BCUT2D eigenvalue weighted by atomic mass is 16.6. The van der Waals surface area contributed by atoms with Crippen molar-refractivity contribution in [3.05, 3.63) is 60.8 Å². The van der Waals surface area contributed by atoms with Crippen LogP contribution in [-0.4, -0.2) is 36.4 Å². The summed E-state index contributed by atoms with van der Waals surface area (Å²) < 4.78 is 10.5. The zero-order valence-electron chi connectivity index (χ0n) is 27.7. The smallest absolute Gasteiger partial charge is 0.306 e. The second-order valence-corrected chi connectivity index (χ2v) is 11.2. The van der Waals surface area contributed by atoms with E-state index in [0.717, 1.165) is 77.0 Å². The van der Waals surface area contributed by atoms with Crippen LogP contribution in [0.25, 0.3) is 0 Å². The van der Waals surface area contributed by atoms with Gasteiger partial charge in [0.15, 0.2) is 6.10 Å². The van der Waals surface area contributed by atoms with Crippen LogP contribution >= 0.6 is 0 Å². The van der Waals surface area contributed by atoms with Crippen molar-refractivity contribution in [3.63, 3.8) is 0 Å². The summed E-state index contributed by atoms with van der Waals surface area (Å²) in [5.74, 6) is -0.620. The molecule has 0 radical (unpaired) electrons. The summed E-state index contributed by atoms with van der Waals surface area (Å²) in [4.78, 5) is 23.9. The summed E-state index contributed by atoms with van der Waals surface area (Å²) in [6, 6.07) is 0. The van der Waals surface area contributed by atoms with Gasteiger partial charge >= 0.3 is 11.9 Å². The van der Waals surface area contributed by atoms with E-state index in [1.165, 1.54) is 44.9 Å². The Morgan fingerprint density at radius 1 is 0.558 bits per heavy atom. The number of carbonyl (C=O) groups is 2. The van der Waals surface area contributed by atoms with Gasteiger partial charge in [0.2, 0.25) is 0 Å². The number of ether oxygens (including phenoxy) is 2. The van der Waals surface area contributed by atoms with Crippen molar-refractivity contribution >= 4 is 11.9 Å². The van der Waals surface area contributed by atoms with E-state index < -0.39 is 6.10 Å². The normalized spacial score (nSPS) is 12.9. The molecule has 5 nitrogen and oxygen atoms in total. The Morgan fingerprint density at radius 3 is 1.51 bits per heavy atom. The fourth-order valence-corrected chi connectivity index (χ4v) is 4.46. The third kappa shape index (κ3) is 32.4. The molecule has 0 saturated carbocycles. The Bertz CT molecular complexity index is 777. The molecule has 0 amide bonds. The predicted octanol–water partition coefficient (Wildman–Crippen LogP) is 10.4. The minimum absolute atomic E-state index is 0.0729. The Balaban J connectivity index is 3.60. The number of carbonyl (C=O) groups excluding carboxylic acids is 2. The van der Waals surface area contributed by atoms with Crippen LogP contribution in [0.4, 0.5) is 0 Å². The van der Waals surface area contributed by atoms with Crippen molar-refractivity contribution in [1.29, 1.82) is 0 Å². The van der Waals surface area contributed by atoms with Crippen molar-refractivity contribution in [2.24, 2.45) is 0 Å². The molecule has 5 heteroatoms. The molecule has 0 bridgehead atoms. The summed E-state index contributed by atoms with van der Waals surface area (Å²) in [7, 11) is 0. The number of hydrogen-bond acceptors (Lipinski definition) is 5. The summed E-state index contributed by atoms with van der Waals surface area (Å²) >= 11 is 0. The van der Waals surface area contributed by atoms with Gasteiger partial charge in [-0.2, -0.15) is 0 Å². The highest BCUT2D eigenvalue weighted by Crippen LogP contribution is 2.12. The predicted molar refractivity (Wildman–Crippen MR) is 182 cm³/mol. The molecule has 0 spiro atoms. The van der Waals surface area contributed by atoms with E-state index in [1.54, 1.807) is 0 Å². The largest absolute Gasteiger partial charge is 0.462 e. The lowest BCUT2D eigenvalue weighted by molar-refractivity contribution is -0.161. The Hall–Kier alpha value is -2.40. The summed E-state index contributed by atoms with van der Waals surface area (Å²) in [6.07, 6.45) is 43.0. The van der Waals surface area contributed by atoms with Gasteiger partial charge < -0.3 is 14.6 Å². The van der Waals surface area contributed by atoms with Gasteiger partial charge in [0.25, 0.3) is 0 Å². The van der Waals surface area contributed by atoms with E-state index in [9.17, 15) is 14.7 Å². The number of aliphatic hydroxyl groups is 1. The Morgan fingerprint density at radius 2 is 1.00 bits per heavy atom. The minimum Gasteiger partial charge on any atom is -0.462 e. The number of allylic oxidation sites excluding steroid dienone is 10. The Kier molecular flexibility index (Phi) is 32.2. The van der Waals surface area contributed by atoms with Crippen LogP contribution in [0, 0.1) is 0 Å². The van der Waals surface area contributed by atoms with Gasteiger partial charge in [0.1, 0.15) is 6.61 Å². The molecule has 43 heavy (non-hydrogen) atoms. The zero-order valence-corrected chi connectivity index (χ0v) is 27.7. The maximum Gasteiger partial charge on any atom is 0.306 e. The van der Waals surface area contributed by atoms with Crippen molar-refractivity contribution in [2.75, 3.05) is 13.2 Å². The maximum atomic E-state index is 12.1. The molecule has 0 aromatic heterocycles. The summed E-state index contributed by atoms with van der Waals surface area (Å²) in [5, 5.41) is 9.46. The number of rotatable bonds is 30. The molecule has 0 heterocycles. The molecule has 0 rings (SSSR count). The molecule has 1 atom stereocenters. The maximum absolute atomic E-state index is 12.1. The van der Waals surface area contributed by atoms with Gasteiger partial charge in [-0.3, -0.25) is 9.59 Å². The van der Waals surface area contributed by atoms with Gasteiger partial charge in [0.05, 0.1) is 6.61 Å². The average molecular weight is 601 g/mol. The summed E-state index contributed by atoms with van der Waals surface area (Å²) in [6.45, 7) is 3.93. The third-order valence-electron chi connectivity index (χ3n) is 7.08. The van der Waals surface area contributed by atoms with Crippen molar-refractivity contribution in [1.82, 2.24) is 0 Å². The first-order valence-electron chi connectivity index (χ1n) is 17.3. The number of aliphatic hydroxyl groups excluding tert-OH is 1. The number of unbranched alkanes of at least 4 members (excludes halogenated alkanes) is 12. The molecule has 0 aromatic carbocycles. The fraction of sp³-hybridized carbons (Fsp3) is 0.684. The van der Waals surface area contributed by atoms with E-state index in [1.807, 2.05) is 0 Å². The first-order chi connectivity index (χ1) is 21.1. The van der Waals surface area contributed by atoms with Crippen LogP contribution in [0.2, 0.25) is 0 Å². The molecular weight excluding hydrogens is 536 g/mol. The van der Waals surface area contributed by atoms with Crippen LogP contribution in [0.3, 0.4) is 0 Å². The van der Waals surface area contributed by atoms with Gasteiger partial charge in [-0.1, -0.05) is 139 Å². The average Bonchev–Trinajstić information content (AvgIpc) is 3.01. The third-order valence-corrected chi connectivity index (χ3v) is 7.08. The molecular formula is C38H64O5. The van der Waals surface area contributed by atoms with E-state index in [-0.39, 0.29) is 25.2 Å². The second kappa shape index (κ2) is 34.1. The highest BCUT2D eigenvalue weighted by Gasteiger charge is 2.16. The molecule has 0 saturated heterocycles. The molecule has 1 unspecified atom stereocenters. The van der Waals surface area contributed by atoms with Crippen LogP contribution in [-0.2, 0) is 19.1 Å². The van der Waals surface area contributed by atoms with Gasteiger partial charge in [-0.15, -0.1) is 0 Å². The van der Waals surface area contributed by atoms with Crippen LogP contribution < -0.4 is 0 Å². The van der Waals surface area contributed by atoms with Crippen LogP contribution in [0.1, 0.15) is 149 Å². The number of hydrogen-bond donors (Lipinski definition) is 1. The summed E-state index contributed by atoms with van der Waals surface area (Å²) in [5.41, 5.74) is 0. The van der Waals surface area contributed by atoms with Crippen molar-refractivity contribution in [2.45, 2.75) is 155 Å². The molecule has 1 N–H and O–H groups in total. The molecule has 246 valence electrons. The van der Waals surface area contributed by atoms with E-state index >= 15 is 0 Å². The van der Waals surface area contributed by atoms with E-state index in [0.29, 0.717) is 12.8 Å². The van der Waals surface area contributed by atoms with Crippen LogP contribution in [0.5, 0.6) is 0 Å². The lowest BCUT2D eigenvalue weighted by Gasteiger charge is -2.15. The highest BCUT2D eigenvalue weighted by molar-refractivity contribution is 5.70. The van der Waals surface area contributed by atoms with E-state index in [4.69, 9.17) is 9.47 Å². The lowest BCUT2D eigenvalue weighted by atomic mass is 10.1. The van der Waals surface area contributed by atoms with Gasteiger partial charge in [0, 0.05) is 12.8 Å². The second-order valence-electron chi connectivity index (χ2n) is 11.2. The first-order valence-corrected chi connectivity index (χ1v) is 17.3. The first kappa shape index (κ1) is 40.6. The zero-order chi connectivity index (χ0) is 31.5. The van der Waals surface area contributed by atoms with E-state index in [2.05, 4.69) is 74.6 Å². The topological polar surface area (TPSA) is 72.8 Å². The van der Waals surface area contributed by atoms with Crippen molar-refractivity contribution in [3.8, 4) is 0 Å². The SMILES string of the molecule is CC/C=C\C/C=C\C/C=C\C/C=C\C/C=C\CCCCCCCCCC(=O)OC(CO)COC(=O)CCCCCCCC. The molecule has 0 fully saturated rings. The fourth-order valence-electron chi connectivity index (χ4n) is 4.46.